The van der Waals surface area contributed by atoms with Crippen LogP contribution < -0.4 is 10.6 Å². The zero-order valence-electron chi connectivity index (χ0n) is 13.1. The molecule has 8 heteroatoms. The summed E-state index contributed by atoms with van der Waals surface area (Å²) in [5.41, 5.74) is 7.32. The van der Waals surface area contributed by atoms with E-state index in [0.717, 1.165) is 45.2 Å². The maximum absolute atomic E-state index is 6.11. The number of anilines is 1. The van der Waals surface area contributed by atoms with Gasteiger partial charge in [0, 0.05) is 38.6 Å². The van der Waals surface area contributed by atoms with Crippen molar-refractivity contribution >= 4 is 35.9 Å². The molecule has 1 fully saturated rings. The molecule has 2 aliphatic rings. The largest absolute Gasteiger partial charge is 0.377 e. The lowest BCUT2D eigenvalue weighted by atomic mass is 10.2. The molecule has 23 heavy (non-hydrogen) atoms. The first kappa shape index (κ1) is 17.9. The fourth-order valence-corrected chi connectivity index (χ4v) is 2.59. The van der Waals surface area contributed by atoms with Crippen LogP contribution in [0.3, 0.4) is 0 Å². The van der Waals surface area contributed by atoms with Crippen LogP contribution in [0, 0.1) is 0 Å². The van der Waals surface area contributed by atoms with Crippen LogP contribution in [0.4, 0.5) is 5.95 Å². The Labute approximate surface area is 153 Å². The van der Waals surface area contributed by atoms with Crippen molar-refractivity contribution in [2.24, 2.45) is 10.7 Å². The molecule has 0 radical (unpaired) electrons. The van der Waals surface area contributed by atoms with Crippen molar-refractivity contribution in [2.75, 3.05) is 50.8 Å². The normalized spacial score (nSPS) is 19.1. The van der Waals surface area contributed by atoms with Crippen molar-refractivity contribution < 1.29 is 4.74 Å². The second kappa shape index (κ2) is 9.02. The van der Waals surface area contributed by atoms with Gasteiger partial charge in [-0.05, 0) is 18.1 Å². The standard InChI is InChI=1S/C15H22N6O.HI/c16-14(19-11-13-3-1-10-22-12-13)20-6-8-21(9-7-20)15-17-4-2-5-18-15;/h2-5H,1,6-12H2,(H2,16,19);1H. The molecule has 3 heterocycles. The molecule has 3 rings (SSSR count). The lowest BCUT2D eigenvalue weighted by Gasteiger charge is -2.35. The topological polar surface area (TPSA) is 79.9 Å². The highest BCUT2D eigenvalue weighted by atomic mass is 127. The molecule has 0 spiro atoms. The Bertz CT molecular complexity index is 542. The molecule has 0 amide bonds. The van der Waals surface area contributed by atoms with Crippen LogP contribution in [0.25, 0.3) is 0 Å². The van der Waals surface area contributed by atoms with Gasteiger partial charge >= 0.3 is 0 Å². The Hall–Kier alpha value is -1.42. The highest BCUT2D eigenvalue weighted by Crippen LogP contribution is 2.10. The molecule has 2 aliphatic heterocycles. The summed E-state index contributed by atoms with van der Waals surface area (Å²) < 4.78 is 5.41. The molecule has 7 nitrogen and oxygen atoms in total. The lowest BCUT2D eigenvalue weighted by molar-refractivity contribution is 0.149. The van der Waals surface area contributed by atoms with E-state index in [1.165, 1.54) is 5.57 Å². The first-order valence-corrected chi connectivity index (χ1v) is 7.65. The van der Waals surface area contributed by atoms with E-state index in [-0.39, 0.29) is 24.0 Å². The number of nitrogens with zero attached hydrogens (tertiary/aromatic N) is 5. The predicted molar refractivity (Wildman–Crippen MR) is 101 cm³/mol. The fourth-order valence-electron chi connectivity index (χ4n) is 2.59. The SMILES string of the molecule is I.NC(=NCC1=CCCOC1)N1CCN(c2ncccn2)CC1. The summed E-state index contributed by atoms with van der Waals surface area (Å²) in [5, 5.41) is 0. The van der Waals surface area contributed by atoms with Gasteiger partial charge in [-0.3, -0.25) is 0 Å². The third-order valence-corrected chi connectivity index (χ3v) is 3.87. The number of nitrogens with two attached hydrogens (primary N) is 1. The van der Waals surface area contributed by atoms with Crippen molar-refractivity contribution in [3.63, 3.8) is 0 Å². The Morgan fingerprint density at radius 2 is 1.96 bits per heavy atom. The van der Waals surface area contributed by atoms with Crippen molar-refractivity contribution in [3.05, 3.63) is 30.1 Å². The maximum atomic E-state index is 6.11. The molecular formula is C15H23IN6O. The van der Waals surface area contributed by atoms with Gasteiger partial charge in [-0.25, -0.2) is 15.0 Å². The van der Waals surface area contributed by atoms with E-state index in [0.29, 0.717) is 19.1 Å². The summed E-state index contributed by atoms with van der Waals surface area (Å²) in [6.45, 7) is 5.50. The second-order valence-electron chi connectivity index (χ2n) is 5.40. The summed E-state index contributed by atoms with van der Waals surface area (Å²) in [5.74, 6) is 1.39. The van der Waals surface area contributed by atoms with Gasteiger partial charge in [-0.1, -0.05) is 6.08 Å². The predicted octanol–water partition coefficient (Wildman–Crippen LogP) is 0.878. The molecule has 0 aliphatic carbocycles. The summed E-state index contributed by atoms with van der Waals surface area (Å²) in [6, 6.07) is 1.83. The molecule has 126 valence electrons. The fraction of sp³-hybridized carbons (Fsp3) is 0.533. The number of hydrogen-bond donors (Lipinski definition) is 1. The summed E-state index contributed by atoms with van der Waals surface area (Å²) in [4.78, 5) is 17.3. The third kappa shape index (κ3) is 5.03. The van der Waals surface area contributed by atoms with Gasteiger partial charge in [0.15, 0.2) is 5.96 Å². The van der Waals surface area contributed by atoms with Gasteiger partial charge in [0.2, 0.25) is 5.95 Å². The van der Waals surface area contributed by atoms with E-state index < -0.39 is 0 Å². The zero-order chi connectivity index (χ0) is 15.2. The van der Waals surface area contributed by atoms with Crippen LogP contribution in [-0.2, 0) is 4.74 Å². The quantitative estimate of drug-likeness (QED) is 0.332. The molecule has 1 aromatic rings. The van der Waals surface area contributed by atoms with E-state index in [4.69, 9.17) is 10.5 Å². The van der Waals surface area contributed by atoms with Crippen molar-refractivity contribution in [1.29, 1.82) is 0 Å². The van der Waals surface area contributed by atoms with E-state index >= 15 is 0 Å². The number of halogens is 1. The van der Waals surface area contributed by atoms with E-state index in [1.807, 2.05) is 6.07 Å². The first-order chi connectivity index (χ1) is 10.8. The van der Waals surface area contributed by atoms with Crippen molar-refractivity contribution in [1.82, 2.24) is 14.9 Å². The Kier molecular flexibility index (Phi) is 7.03. The van der Waals surface area contributed by atoms with Gasteiger partial charge in [0.25, 0.3) is 0 Å². The Balaban J connectivity index is 0.00000192. The Morgan fingerprint density at radius 1 is 1.22 bits per heavy atom. The molecule has 0 atom stereocenters. The minimum Gasteiger partial charge on any atom is -0.377 e. The van der Waals surface area contributed by atoms with Crippen LogP contribution in [0.5, 0.6) is 0 Å². The molecule has 1 saturated heterocycles. The number of ether oxygens (including phenoxy) is 1. The number of piperazine rings is 1. The van der Waals surface area contributed by atoms with Gasteiger partial charge < -0.3 is 20.3 Å². The molecule has 2 N–H and O–H groups in total. The Morgan fingerprint density at radius 3 is 2.61 bits per heavy atom. The van der Waals surface area contributed by atoms with Gasteiger partial charge in [-0.15, -0.1) is 24.0 Å². The third-order valence-electron chi connectivity index (χ3n) is 3.87. The van der Waals surface area contributed by atoms with Crippen LogP contribution in [-0.4, -0.2) is 66.8 Å². The first-order valence-electron chi connectivity index (χ1n) is 7.65. The second-order valence-corrected chi connectivity index (χ2v) is 5.40. The van der Waals surface area contributed by atoms with Gasteiger partial charge in [0.1, 0.15) is 0 Å². The molecule has 0 unspecified atom stereocenters. The van der Waals surface area contributed by atoms with E-state index in [9.17, 15) is 0 Å². The number of guanidine groups is 1. The molecular weight excluding hydrogens is 407 g/mol. The van der Waals surface area contributed by atoms with Crippen molar-refractivity contribution in [2.45, 2.75) is 6.42 Å². The van der Waals surface area contributed by atoms with Gasteiger partial charge in [0.05, 0.1) is 19.8 Å². The minimum atomic E-state index is 0. The minimum absolute atomic E-state index is 0. The zero-order valence-corrected chi connectivity index (χ0v) is 15.4. The molecule has 0 bridgehead atoms. The van der Waals surface area contributed by atoms with Crippen LogP contribution in [0.2, 0.25) is 0 Å². The van der Waals surface area contributed by atoms with Crippen LogP contribution in [0.1, 0.15) is 6.42 Å². The summed E-state index contributed by atoms with van der Waals surface area (Å²) in [7, 11) is 0. The van der Waals surface area contributed by atoms with Gasteiger partial charge in [-0.2, -0.15) is 0 Å². The van der Waals surface area contributed by atoms with Crippen molar-refractivity contribution in [3.8, 4) is 0 Å². The van der Waals surface area contributed by atoms with Crippen LogP contribution in [0.15, 0.2) is 35.1 Å². The number of rotatable bonds is 3. The highest BCUT2D eigenvalue weighted by Gasteiger charge is 2.19. The van der Waals surface area contributed by atoms with Crippen LogP contribution >= 0.6 is 24.0 Å². The average Bonchev–Trinajstić information content (AvgIpc) is 2.61. The maximum Gasteiger partial charge on any atom is 0.225 e. The molecule has 0 aromatic carbocycles. The molecule has 0 saturated carbocycles. The van der Waals surface area contributed by atoms with E-state index in [1.54, 1.807) is 12.4 Å². The number of aliphatic imine (C=N–C) groups is 1. The average molecular weight is 430 g/mol. The monoisotopic (exact) mass is 430 g/mol. The van der Waals surface area contributed by atoms with E-state index in [2.05, 4.69) is 30.8 Å². The summed E-state index contributed by atoms with van der Waals surface area (Å²) in [6.07, 6.45) is 6.71. The smallest absolute Gasteiger partial charge is 0.225 e. The highest BCUT2D eigenvalue weighted by molar-refractivity contribution is 14.0. The molecule has 1 aromatic heterocycles. The number of aromatic nitrogens is 2. The summed E-state index contributed by atoms with van der Waals surface area (Å²) >= 11 is 0. The number of hydrogen-bond acceptors (Lipinski definition) is 5. The lowest BCUT2D eigenvalue weighted by Crippen LogP contribution is -2.51.